The molecule has 2 saturated heterocycles. The van der Waals surface area contributed by atoms with E-state index < -0.39 is 12.0 Å². The second-order valence-corrected chi connectivity index (χ2v) is 7.32. The van der Waals surface area contributed by atoms with E-state index in [2.05, 4.69) is 0 Å². The first kappa shape index (κ1) is 16.4. The van der Waals surface area contributed by atoms with Crippen LogP contribution in [0.2, 0.25) is 0 Å². The van der Waals surface area contributed by atoms with Crippen LogP contribution in [0.1, 0.15) is 27.7 Å². The largest absolute Gasteiger partial charge is 0.480 e. The van der Waals surface area contributed by atoms with Gasteiger partial charge in [-0.15, -0.1) is 11.8 Å². The zero-order chi connectivity index (χ0) is 15.7. The van der Waals surface area contributed by atoms with Gasteiger partial charge in [-0.3, -0.25) is 4.90 Å². The molecule has 0 radical (unpaired) electrons. The summed E-state index contributed by atoms with van der Waals surface area (Å²) in [6.07, 6.45) is -0.0394. The number of nitrogens with zero attached hydrogens (tertiary/aromatic N) is 2. The number of hydrogen-bond acceptors (Lipinski definition) is 4. The maximum absolute atomic E-state index is 12.8. The predicted molar refractivity (Wildman–Crippen MR) is 81.3 cm³/mol. The van der Waals surface area contributed by atoms with Crippen LogP contribution in [0.3, 0.4) is 0 Å². The van der Waals surface area contributed by atoms with E-state index >= 15 is 0 Å². The van der Waals surface area contributed by atoms with Crippen molar-refractivity contribution in [3.05, 3.63) is 0 Å². The van der Waals surface area contributed by atoms with Crippen LogP contribution in [0, 0.1) is 5.92 Å². The smallest absolute Gasteiger partial charge is 0.327 e. The highest BCUT2D eigenvalue weighted by Crippen LogP contribution is 2.35. The molecule has 2 aliphatic heterocycles. The summed E-state index contributed by atoms with van der Waals surface area (Å²) >= 11 is 1.56. The van der Waals surface area contributed by atoms with Gasteiger partial charge in [-0.2, -0.15) is 0 Å². The number of ether oxygens (including phenoxy) is 1. The molecule has 0 bridgehead atoms. The summed E-state index contributed by atoms with van der Waals surface area (Å²) in [5.74, 6) is -0.244. The average Bonchev–Trinajstić information content (AvgIpc) is 2.81. The first-order chi connectivity index (χ1) is 9.81. The molecule has 0 aromatic heterocycles. The van der Waals surface area contributed by atoms with E-state index in [1.54, 1.807) is 21.6 Å². The third-order valence-electron chi connectivity index (χ3n) is 3.80. The Morgan fingerprint density at radius 3 is 2.29 bits per heavy atom. The van der Waals surface area contributed by atoms with Crippen molar-refractivity contribution in [3.63, 3.8) is 0 Å². The fourth-order valence-electron chi connectivity index (χ4n) is 2.97. The monoisotopic (exact) mass is 316 g/mol. The molecule has 2 fully saturated rings. The Hall–Kier alpha value is -0.950. The fourth-order valence-corrected chi connectivity index (χ4v) is 4.44. The molecular weight excluding hydrogens is 292 g/mol. The van der Waals surface area contributed by atoms with Crippen LogP contribution in [-0.2, 0) is 9.53 Å². The van der Waals surface area contributed by atoms with E-state index in [1.165, 1.54) is 0 Å². The Kier molecular flexibility index (Phi) is 5.03. The van der Waals surface area contributed by atoms with Crippen LogP contribution in [0.5, 0.6) is 0 Å². The summed E-state index contributed by atoms with van der Waals surface area (Å²) in [4.78, 5) is 27.6. The summed E-state index contributed by atoms with van der Waals surface area (Å²) in [5.41, 5.74) is 0. The lowest BCUT2D eigenvalue weighted by Crippen LogP contribution is -2.57. The maximum Gasteiger partial charge on any atom is 0.327 e. The first-order valence-corrected chi connectivity index (χ1v) is 8.43. The van der Waals surface area contributed by atoms with Crippen molar-refractivity contribution in [2.45, 2.75) is 51.3 Å². The number of urea groups is 1. The number of carbonyl (C=O) groups is 2. The van der Waals surface area contributed by atoms with Crippen molar-refractivity contribution in [1.82, 2.24) is 9.80 Å². The number of hydrogen-bond donors (Lipinski definition) is 1. The maximum atomic E-state index is 12.8. The van der Waals surface area contributed by atoms with E-state index in [9.17, 15) is 14.7 Å². The quantitative estimate of drug-likeness (QED) is 0.839. The van der Waals surface area contributed by atoms with E-state index in [4.69, 9.17) is 4.74 Å². The molecule has 0 spiro atoms. The Labute approximate surface area is 129 Å². The Bertz CT molecular complexity index is 408. The molecule has 0 aromatic carbocycles. The highest BCUT2D eigenvalue weighted by atomic mass is 32.2. The summed E-state index contributed by atoms with van der Waals surface area (Å²) < 4.78 is 5.64. The number of aliphatic carboxylic acids is 1. The molecule has 120 valence electrons. The SMILES string of the molecule is CC(C)C1SCC(C(=O)O)N1C(=O)N1C[C@@H](C)O[C@@H](C)C1. The van der Waals surface area contributed by atoms with Gasteiger partial charge in [-0.05, 0) is 19.8 Å². The number of morpholine rings is 1. The van der Waals surface area contributed by atoms with Crippen molar-refractivity contribution in [3.8, 4) is 0 Å². The summed E-state index contributed by atoms with van der Waals surface area (Å²) in [5, 5.41) is 9.31. The number of amides is 2. The Balaban J connectivity index is 2.18. The molecule has 2 aliphatic rings. The molecule has 7 heteroatoms. The standard InChI is InChI=1S/C14H24N2O4S/c1-8(2)12-16(11(7-21-12)13(17)18)14(19)15-5-9(3)20-10(4)6-15/h8-12H,5-7H2,1-4H3,(H,17,18)/t9-,10+,11?,12?. The highest BCUT2D eigenvalue weighted by molar-refractivity contribution is 8.00. The van der Waals surface area contributed by atoms with Crippen molar-refractivity contribution < 1.29 is 19.4 Å². The average molecular weight is 316 g/mol. The van der Waals surface area contributed by atoms with Gasteiger partial charge >= 0.3 is 12.0 Å². The van der Waals surface area contributed by atoms with Crippen molar-refractivity contribution >= 4 is 23.8 Å². The topological polar surface area (TPSA) is 70.1 Å². The molecular formula is C14H24N2O4S. The van der Waals surface area contributed by atoms with Gasteiger partial charge in [-0.25, -0.2) is 9.59 Å². The van der Waals surface area contributed by atoms with Crippen molar-refractivity contribution in [2.75, 3.05) is 18.8 Å². The van der Waals surface area contributed by atoms with Gasteiger partial charge in [0.05, 0.1) is 17.6 Å². The molecule has 2 unspecified atom stereocenters. The van der Waals surface area contributed by atoms with Gasteiger partial charge < -0.3 is 14.7 Å². The predicted octanol–water partition coefficient (Wildman–Crippen LogP) is 1.70. The highest BCUT2D eigenvalue weighted by Gasteiger charge is 2.45. The van der Waals surface area contributed by atoms with Gasteiger partial charge in [0, 0.05) is 18.8 Å². The molecule has 2 heterocycles. The number of carboxylic acids is 1. The summed E-state index contributed by atoms with van der Waals surface area (Å²) in [6, 6.07) is -0.906. The van der Waals surface area contributed by atoms with Gasteiger partial charge in [0.2, 0.25) is 0 Å². The van der Waals surface area contributed by atoms with Crippen LogP contribution >= 0.6 is 11.8 Å². The number of rotatable bonds is 2. The van der Waals surface area contributed by atoms with Gasteiger partial charge in [0.25, 0.3) is 0 Å². The minimum atomic E-state index is -0.923. The third kappa shape index (κ3) is 3.45. The lowest BCUT2D eigenvalue weighted by molar-refractivity contribution is -0.141. The summed E-state index contributed by atoms with van der Waals surface area (Å²) in [7, 11) is 0. The molecule has 2 rings (SSSR count). The lowest BCUT2D eigenvalue weighted by atomic mass is 10.1. The molecule has 2 amide bonds. The lowest BCUT2D eigenvalue weighted by Gasteiger charge is -2.40. The molecule has 21 heavy (non-hydrogen) atoms. The molecule has 0 aromatic rings. The minimum absolute atomic E-state index is 0.0197. The van der Waals surface area contributed by atoms with Crippen LogP contribution in [-0.4, -0.2) is 69.4 Å². The zero-order valence-corrected chi connectivity index (χ0v) is 13.8. The second-order valence-electron chi connectivity index (χ2n) is 6.17. The Morgan fingerprint density at radius 1 is 1.24 bits per heavy atom. The van der Waals surface area contributed by atoms with Gasteiger partial charge in [0.15, 0.2) is 0 Å². The molecule has 6 nitrogen and oxygen atoms in total. The molecule has 4 atom stereocenters. The number of thioether (sulfide) groups is 1. The normalized spacial score (nSPS) is 33.6. The Morgan fingerprint density at radius 2 is 1.81 bits per heavy atom. The van der Waals surface area contributed by atoms with Crippen LogP contribution in [0.25, 0.3) is 0 Å². The van der Waals surface area contributed by atoms with Crippen LogP contribution in [0.15, 0.2) is 0 Å². The van der Waals surface area contributed by atoms with Crippen molar-refractivity contribution in [1.29, 1.82) is 0 Å². The fraction of sp³-hybridized carbons (Fsp3) is 0.857. The zero-order valence-electron chi connectivity index (χ0n) is 13.0. The molecule has 1 N–H and O–H groups in total. The van der Waals surface area contributed by atoms with Crippen molar-refractivity contribution in [2.24, 2.45) is 5.92 Å². The van der Waals surface area contributed by atoms with Crippen LogP contribution < -0.4 is 0 Å². The number of carbonyl (C=O) groups excluding carboxylic acids is 1. The van der Waals surface area contributed by atoms with E-state index in [0.29, 0.717) is 18.8 Å². The third-order valence-corrected chi connectivity index (χ3v) is 5.42. The first-order valence-electron chi connectivity index (χ1n) is 7.38. The van der Waals surface area contributed by atoms with Crippen LogP contribution in [0.4, 0.5) is 4.79 Å². The van der Waals surface area contributed by atoms with E-state index in [0.717, 1.165) is 0 Å². The molecule has 0 aliphatic carbocycles. The molecule has 0 saturated carbocycles. The minimum Gasteiger partial charge on any atom is -0.480 e. The van der Waals surface area contributed by atoms with E-state index in [-0.39, 0.29) is 29.5 Å². The van der Waals surface area contributed by atoms with Gasteiger partial charge in [-0.1, -0.05) is 13.8 Å². The number of carboxylic acid groups (broad SMARTS) is 1. The van der Waals surface area contributed by atoms with E-state index in [1.807, 2.05) is 27.7 Å². The second kappa shape index (κ2) is 6.44. The summed E-state index contributed by atoms with van der Waals surface area (Å²) in [6.45, 7) is 8.94. The van der Waals surface area contributed by atoms with Gasteiger partial charge in [0.1, 0.15) is 6.04 Å².